The molecule has 1 saturated heterocycles. The summed E-state index contributed by atoms with van der Waals surface area (Å²) in [5.74, 6) is 0.128. The Morgan fingerprint density at radius 1 is 1.07 bits per heavy atom. The predicted octanol–water partition coefficient (Wildman–Crippen LogP) is 2.39. The van der Waals surface area contributed by atoms with E-state index in [-0.39, 0.29) is 6.54 Å². The first-order valence-electron chi connectivity index (χ1n) is 9.14. The molecule has 1 N–H and O–H groups in total. The molecule has 1 heterocycles. The third-order valence-corrected chi connectivity index (χ3v) is 6.58. The quantitative estimate of drug-likeness (QED) is 0.803. The summed E-state index contributed by atoms with van der Waals surface area (Å²) in [5, 5.41) is 2.73. The Morgan fingerprint density at radius 2 is 1.75 bits per heavy atom. The number of nitrogens with zero attached hydrogens (tertiary/aromatic N) is 2. The summed E-state index contributed by atoms with van der Waals surface area (Å²) in [5.41, 5.74) is 2.57. The Hall–Kier alpha value is -2.42. The van der Waals surface area contributed by atoms with Gasteiger partial charge in [0.1, 0.15) is 5.75 Å². The van der Waals surface area contributed by atoms with Crippen LogP contribution in [0.1, 0.15) is 17.5 Å². The average molecular weight is 404 g/mol. The minimum Gasteiger partial charge on any atom is -0.495 e. The van der Waals surface area contributed by atoms with Gasteiger partial charge in [-0.05, 0) is 31.0 Å². The Morgan fingerprint density at radius 3 is 2.46 bits per heavy atom. The first kappa shape index (κ1) is 20.3. The second kappa shape index (κ2) is 8.72. The largest absolute Gasteiger partial charge is 0.495 e. The highest BCUT2D eigenvalue weighted by molar-refractivity contribution is 7.86. The van der Waals surface area contributed by atoms with E-state index >= 15 is 0 Å². The summed E-state index contributed by atoms with van der Waals surface area (Å²) < 4.78 is 33.8. The van der Waals surface area contributed by atoms with Gasteiger partial charge in [-0.1, -0.05) is 42.0 Å². The fraction of sp³-hybridized carbons (Fsp3) is 0.350. The Balaban J connectivity index is 1.67. The number of amides is 1. The smallest absolute Gasteiger partial charge is 0.282 e. The van der Waals surface area contributed by atoms with Crippen molar-refractivity contribution < 1.29 is 17.9 Å². The van der Waals surface area contributed by atoms with Crippen molar-refractivity contribution in [2.24, 2.45) is 0 Å². The lowest BCUT2D eigenvalue weighted by molar-refractivity contribution is -0.116. The molecule has 0 saturated carbocycles. The maximum Gasteiger partial charge on any atom is 0.282 e. The highest BCUT2D eigenvalue weighted by atomic mass is 32.2. The number of benzene rings is 2. The van der Waals surface area contributed by atoms with Gasteiger partial charge in [0, 0.05) is 19.6 Å². The molecule has 1 fully saturated rings. The van der Waals surface area contributed by atoms with E-state index in [0.717, 1.165) is 11.1 Å². The summed E-state index contributed by atoms with van der Waals surface area (Å²) in [6, 6.07) is 14.8. The first-order chi connectivity index (χ1) is 13.4. The van der Waals surface area contributed by atoms with Crippen LogP contribution in [0.4, 0.5) is 5.69 Å². The zero-order valence-corrected chi connectivity index (χ0v) is 16.9. The van der Waals surface area contributed by atoms with Gasteiger partial charge in [-0.25, -0.2) is 0 Å². The number of nitrogens with one attached hydrogen (secondary N) is 1. The zero-order chi connectivity index (χ0) is 20.1. The molecule has 0 atom stereocenters. The van der Waals surface area contributed by atoms with E-state index in [9.17, 15) is 13.2 Å². The molecule has 0 aromatic heterocycles. The van der Waals surface area contributed by atoms with Crippen molar-refractivity contribution in [3.05, 3.63) is 59.7 Å². The summed E-state index contributed by atoms with van der Waals surface area (Å²) in [4.78, 5) is 12.4. The van der Waals surface area contributed by atoms with Crippen LogP contribution in [0.2, 0.25) is 0 Å². The van der Waals surface area contributed by atoms with E-state index in [2.05, 4.69) is 5.32 Å². The molecule has 0 unspecified atom stereocenters. The van der Waals surface area contributed by atoms with Crippen molar-refractivity contribution in [2.45, 2.75) is 19.9 Å². The third-order valence-electron chi connectivity index (χ3n) is 4.65. The van der Waals surface area contributed by atoms with Crippen LogP contribution in [0.5, 0.6) is 5.75 Å². The van der Waals surface area contributed by atoms with Gasteiger partial charge in [0.25, 0.3) is 10.2 Å². The standard InChI is InChI=1S/C20H25N3O4S/c1-16-8-10-17(11-9-16)14-22-12-5-13-23(28(22,25)26)15-20(24)21-18-6-3-4-7-19(18)27-2/h3-4,6-11H,5,12-15H2,1-2H3,(H,21,24). The van der Waals surface area contributed by atoms with Gasteiger partial charge in [-0.15, -0.1) is 0 Å². The fourth-order valence-electron chi connectivity index (χ4n) is 3.13. The molecule has 3 rings (SSSR count). The number of methoxy groups -OCH3 is 1. The van der Waals surface area contributed by atoms with E-state index in [1.165, 1.54) is 15.7 Å². The van der Waals surface area contributed by atoms with Crippen LogP contribution in [0.25, 0.3) is 0 Å². The maximum absolute atomic E-state index is 12.9. The van der Waals surface area contributed by atoms with Crippen molar-refractivity contribution in [1.82, 2.24) is 8.61 Å². The number of hydrogen-bond acceptors (Lipinski definition) is 4. The molecule has 0 bridgehead atoms. The molecule has 150 valence electrons. The van der Waals surface area contributed by atoms with Gasteiger partial charge in [0.05, 0.1) is 19.3 Å². The number of aryl methyl sites for hydroxylation is 1. The molecule has 7 nitrogen and oxygen atoms in total. The van der Waals surface area contributed by atoms with Crippen molar-refractivity contribution >= 4 is 21.8 Å². The summed E-state index contributed by atoms with van der Waals surface area (Å²) in [6.45, 7) is 2.83. The molecule has 28 heavy (non-hydrogen) atoms. The van der Waals surface area contributed by atoms with E-state index in [4.69, 9.17) is 4.74 Å². The number of rotatable bonds is 6. The number of hydrogen-bond donors (Lipinski definition) is 1. The SMILES string of the molecule is COc1ccccc1NC(=O)CN1CCCN(Cc2ccc(C)cc2)S1(=O)=O. The van der Waals surface area contributed by atoms with Crippen LogP contribution < -0.4 is 10.1 Å². The van der Waals surface area contributed by atoms with Crippen LogP contribution in [-0.2, 0) is 21.5 Å². The number of carbonyl (C=O) groups excluding carboxylic acids is 1. The van der Waals surface area contributed by atoms with E-state index < -0.39 is 16.1 Å². The number of anilines is 1. The molecule has 2 aromatic carbocycles. The normalized spacial score (nSPS) is 17.2. The molecule has 2 aromatic rings. The Kier molecular flexibility index (Phi) is 6.33. The monoisotopic (exact) mass is 403 g/mol. The Labute approximate surface area is 166 Å². The zero-order valence-electron chi connectivity index (χ0n) is 16.1. The number of carbonyl (C=O) groups is 1. The maximum atomic E-state index is 12.9. The van der Waals surface area contributed by atoms with Crippen molar-refractivity contribution in [1.29, 1.82) is 0 Å². The third kappa shape index (κ3) is 4.70. The fourth-order valence-corrected chi connectivity index (χ4v) is 4.77. The van der Waals surface area contributed by atoms with E-state index in [1.807, 2.05) is 31.2 Å². The molecule has 8 heteroatoms. The van der Waals surface area contributed by atoms with E-state index in [0.29, 0.717) is 37.5 Å². The second-order valence-corrected chi connectivity index (χ2v) is 8.69. The lowest BCUT2D eigenvalue weighted by Crippen LogP contribution is -2.51. The molecule has 0 spiro atoms. The first-order valence-corrected chi connectivity index (χ1v) is 10.5. The minimum absolute atomic E-state index is 0.231. The van der Waals surface area contributed by atoms with Gasteiger partial charge < -0.3 is 10.1 Å². The van der Waals surface area contributed by atoms with Crippen molar-refractivity contribution in [3.63, 3.8) is 0 Å². The van der Waals surface area contributed by atoms with Crippen LogP contribution in [-0.4, -0.2) is 49.7 Å². The molecule has 1 aliphatic heterocycles. The number of para-hydroxylation sites is 2. The van der Waals surface area contributed by atoms with Crippen molar-refractivity contribution in [2.75, 3.05) is 32.1 Å². The molecule has 0 radical (unpaired) electrons. The highest BCUT2D eigenvalue weighted by Crippen LogP contribution is 2.24. The lowest BCUT2D eigenvalue weighted by atomic mass is 10.1. The highest BCUT2D eigenvalue weighted by Gasteiger charge is 2.34. The second-order valence-electron chi connectivity index (χ2n) is 6.76. The van der Waals surface area contributed by atoms with Crippen LogP contribution in [0.3, 0.4) is 0 Å². The minimum atomic E-state index is -3.70. The van der Waals surface area contributed by atoms with Gasteiger partial charge >= 0.3 is 0 Å². The Bertz CT molecular complexity index is 929. The van der Waals surface area contributed by atoms with Gasteiger partial charge in [-0.2, -0.15) is 17.0 Å². The van der Waals surface area contributed by atoms with Gasteiger partial charge in [-0.3, -0.25) is 4.79 Å². The van der Waals surface area contributed by atoms with Crippen LogP contribution in [0.15, 0.2) is 48.5 Å². The molecule has 1 aliphatic rings. The lowest BCUT2D eigenvalue weighted by Gasteiger charge is -2.34. The topological polar surface area (TPSA) is 79.0 Å². The van der Waals surface area contributed by atoms with E-state index in [1.54, 1.807) is 24.3 Å². The van der Waals surface area contributed by atoms with Crippen LogP contribution in [0, 0.1) is 6.92 Å². The van der Waals surface area contributed by atoms with Crippen molar-refractivity contribution in [3.8, 4) is 5.75 Å². The van der Waals surface area contributed by atoms with Crippen LogP contribution >= 0.6 is 0 Å². The predicted molar refractivity (Wildman–Crippen MR) is 108 cm³/mol. The molecular weight excluding hydrogens is 378 g/mol. The molecule has 0 aliphatic carbocycles. The molecule has 1 amide bonds. The average Bonchev–Trinajstić information content (AvgIpc) is 2.67. The summed E-state index contributed by atoms with van der Waals surface area (Å²) in [7, 11) is -2.18. The number of ether oxygens (including phenoxy) is 1. The summed E-state index contributed by atoms with van der Waals surface area (Å²) in [6.07, 6.45) is 0.674. The molecular formula is C20H25N3O4S. The van der Waals surface area contributed by atoms with Gasteiger partial charge in [0.15, 0.2) is 0 Å². The van der Waals surface area contributed by atoms with Gasteiger partial charge in [0.2, 0.25) is 5.91 Å². The summed E-state index contributed by atoms with van der Waals surface area (Å²) >= 11 is 0.